The number of nitrogens with zero attached hydrogens (tertiary/aromatic N) is 5. The van der Waals surface area contributed by atoms with Crippen molar-refractivity contribution in [3.8, 4) is 39.7 Å². The summed E-state index contributed by atoms with van der Waals surface area (Å²) in [5.41, 5.74) is 12.0. The maximum atomic E-state index is 13.9. The normalized spacial score (nSPS) is 11.4. The fourth-order valence-corrected chi connectivity index (χ4v) is 3.81. The predicted octanol–water partition coefficient (Wildman–Crippen LogP) is 4.05. The van der Waals surface area contributed by atoms with Crippen molar-refractivity contribution in [2.45, 2.75) is 0 Å². The standard InChI is InChI=1S/C23H15FN8O/c24-13-3-11(5-15(33)6-13)16-9-27-10-19-20(16)30-23(29-19)22-21-18(31-32-22)2-1-17(28-21)12-4-14(25)8-26-7-12/h1-10,33H,25H2,(H,29,30)(H,31,32). The number of halogens is 1. The van der Waals surface area contributed by atoms with Crippen molar-refractivity contribution in [1.29, 1.82) is 0 Å². The molecule has 0 aliphatic heterocycles. The summed E-state index contributed by atoms with van der Waals surface area (Å²) in [5, 5.41) is 17.2. The van der Waals surface area contributed by atoms with Gasteiger partial charge < -0.3 is 15.8 Å². The number of rotatable bonds is 3. The second-order valence-electron chi connectivity index (χ2n) is 7.54. The largest absolute Gasteiger partial charge is 0.508 e. The lowest BCUT2D eigenvalue weighted by atomic mass is 10.1. The molecule has 5 aromatic heterocycles. The molecule has 0 spiro atoms. The van der Waals surface area contributed by atoms with Gasteiger partial charge in [0.2, 0.25) is 0 Å². The Hall–Kier alpha value is -4.86. The fraction of sp³-hybridized carbons (Fsp3) is 0. The number of imidazole rings is 1. The Morgan fingerprint density at radius 3 is 2.58 bits per heavy atom. The average molecular weight is 438 g/mol. The smallest absolute Gasteiger partial charge is 0.161 e. The van der Waals surface area contributed by atoms with E-state index in [2.05, 4.69) is 25.1 Å². The van der Waals surface area contributed by atoms with Crippen LogP contribution in [-0.4, -0.2) is 40.2 Å². The van der Waals surface area contributed by atoms with Gasteiger partial charge >= 0.3 is 0 Å². The molecule has 10 heteroatoms. The molecule has 0 bridgehead atoms. The highest BCUT2D eigenvalue weighted by Gasteiger charge is 2.17. The highest BCUT2D eigenvalue weighted by atomic mass is 19.1. The summed E-state index contributed by atoms with van der Waals surface area (Å²) >= 11 is 0. The molecule has 5 N–H and O–H groups in total. The van der Waals surface area contributed by atoms with Crippen molar-refractivity contribution in [3.63, 3.8) is 0 Å². The first kappa shape index (κ1) is 18.9. The van der Waals surface area contributed by atoms with Gasteiger partial charge in [-0.1, -0.05) is 0 Å². The first-order valence-corrected chi connectivity index (χ1v) is 9.95. The molecule has 0 radical (unpaired) electrons. The van der Waals surface area contributed by atoms with Crippen molar-refractivity contribution < 1.29 is 9.50 Å². The van der Waals surface area contributed by atoms with Crippen LogP contribution in [0.2, 0.25) is 0 Å². The van der Waals surface area contributed by atoms with E-state index in [0.29, 0.717) is 50.6 Å². The van der Waals surface area contributed by atoms with E-state index in [1.54, 1.807) is 30.9 Å². The van der Waals surface area contributed by atoms with Gasteiger partial charge in [-0.25, -0.2) is 14.4 Å². The number of phenols is 1. The number of hydrogen-bond donors (Lipinski definition) is 4. The minimum absolute atomic E-state index is 0.177. The Balaban J connectivity index is 1.51. The first-order valence-electron chi connectivity index (χ1n) is 9.95. The van der Waals surface area contributed by atoms with Gasteiger partial charge in [0.1, 0.15) is 17.1 Å². The summed E-state index contributed by atoms with van der Waals surface area (Å²) in [7, 11) is 0. The van der Waals surface area contributed by atoms with Crippen LogP contribution in [0.1, 0.15) is 0 Å². The molecule has 0 fully saturated rings. The summed E-state index contributed by atoms with van der Waals surface area (Å²) in [6.45, 7) is 0. The molecule has 6 aromatic rings. The molecule has 0 saturated carbocycles. The van der Waals surface area contributed by atoms with Crippen LogP contribution in [0.3, 0.4) is 0 Å². The van der Waals surface area contributed by atoms with Gasteiger partial charge in [0.15, 0.2) is 11.5 Å². The zero-order valence-electron chi connectivity index (χ0n) is 16.9. The van der Waals surface area contributed by atoms with E-state index in [9.17, 15) is 9.50 Å². The number of hydrogen-bond acceptors (Lipinski definition) is 7. The monoisotopic (exact) mass is 438 g/mol. The van der Waals surface area contributed by atoms with Crippen LogP contribution in [0.15, 0.2) is 61.2 Å². The summed E-state index contributed by atoms with van der Waals surface area (Å²) in [6, 6.07) is 9.37. The van der Waals surface area contributed by atoms with Gasteiger partial charge in [-0.15, -0.1) is 0 Å². The Labute approximate surface area is 185 Å². The van der Waals surface area contributed by atoms with Crippen molar-refractivity contribution in [1.82, 2.24) is 35.1 Å². The van der Waals surface area contributed by atoms with Crippen LogP contribution in [0.25, 0.3) is 56.0 Å². The molecule has 0 atom stereocenters. The molecule has 33 heavy (non-hydrogen) atoms. The lowest BCUT2D eigenvalue weighted by Gasteiger charge is -2.03. The number of aromatic nitrogens is 7. The Morgan fingerprint density at radius 1 is 0.848 bits per heavy atom. The topological polar surface area (TPSA) is 142 Å². The SMILES string of the molecule is Nc1cncc(-c2ccc3[nH]nc(-c4nc5c(-c6cc(O)cc(F)c6)cncc5[nH]4)c3n2)c1. The molecule has 0 aliphatic carbocycles. The van der Waals surface area contributed by atoms with Crippen LogP contribution in [-0.2, 0) is 0 Å². The summed E-state index contributed by atoms with van der Waals surface area (Å²) < 4.78 is 13.9. The highest BCUT2D eigenvalue weighted by molar-refractivity contribution is 5.96. The van der Waals surface area contributed by atoms with Gasteiger partial charge in [-0.2, -0.15) is 5.10 Å². The molecule has 0 amide bonds. The second kappa shape index (κ2) is 7.09. The number of nitrogen functional groups attached to an aromatic ring is 1. The average Bonchev–Trinajstić information content (AvgIpc) is 3.41. The first-order chi connectivity index (χ1) is 16.0. The molecule has 5 heterocycles. The zero-order valence-corrected chi connectivity index (χ0v) is 16.9. The van der Waals surface area contributed by atoms with Crippen molar-refractivity contribution in [2.24, 2.45) is 0 Å². The maximum Gasteiger partial charge on any atom is 0.161 e. The third kappa shape index (κ3) is 3.21. The lowest BCUT2D eigenvalue weighted by molar-refractivity contribution is 0.469. The molecule has 160 valence electrons. The molecule has 0 unspecified atom stereocenters. The van der Waals surface area contributed by atoms with Crippen LogP contribution in [0.4, 0.5) is 10.1 Å². The second-order valence-corrected chi connectivity index (χ2v) is 7.54. The zero-order chi connectivity index (χ0) is 22.5. The van der Waals surface area contributed by atoms with Gasteiger partial charge in [0.05, 0.1) is 34.1 Å². The van der Waals surface area contributed by atoms with Crippen molar-refractivity contribution >= 4 is 27.8 Å². The molecule has 6 rings (SSSR count). The van der Waals surface area contributed by atoms with Gasteiger partial charge in [0.25, 0.3) is 0 Å². The van der Waals surface area contributed by atoms with E-state index in [0.717, 1.165) is 17.1 Å². The van der Waals surface area contributed by atoms with E-state index in [4.69, 9.17) is 15.7 Å². The van der Waals surface area contributed by atoms with Crippen molar-refractivity contribution in [3.05, 3.63) is 67.0 Å². The van der Waals surface area contributed by atoms with Gasteiger partial charge in [0, 0.05) is 35.8 Å². The molecule has 0 saturated heterocycles. The van der Waals surface area contributed by atoms with E-state index < -0.39 is 5.82 Å². The van der Waals surface area contributed by atoms with E-state index >= 15 is 0 Å². The number of nitrogens with one attached hydrogen (secondary N) is 2. The molecule has 0 aliphatic rings. The number of fused-ring (bicyclic) bond motifs is 2. The van der Waals surface area contributed by atoms with Gasteiger partial charge in [-0.05, 0) is 35.9 Å². The number of nitrogens with two attached hydrogens (primary N) is 1. The number of H-pyrrole nitrogens is 2. The van der Waals surface area contributed by atoms with E-state index in [1.807, 2.05) is 12.1 Å². The minimum atomic E-state index is -0.552. The summed E-state index contributed by atoms with van der Waals surface area (Å²) in [4.78, 5) is 21.0. The number of aromatic hydroxyl groups is 1. The van der Waals surface area contributed by atoms with Crippen LogP contribution in [0, 0.1) is 5.82 Å². The quantitative estimate of drug-likeness (QED) is 0.326. The Kier molecular flexibility index (Phi) is 4.06. The molecule has 9 nitrogen and oxygen atoms in total. The molecule has 1 aromatic carbocycles. The van der Waals surface area contributed by atoms with Crippen molar-refractivity contribution in [2.75, 3.05) is 5.73 Å². The minimum Gasteiger partial charge on any atom is -0.508 e. The number of anilines is 1. The Bertz CT molecular complexity index is 1650. The lowest BCUT2D eigenvalue weighted by Crippen LogP contribution is -1.90. The number of phenolic OH excluding ortho intramolecular Hbond substituents is 1. The maximum absolute atomic E-state index is 13.9. The molecular weight excluding hydrogens is 423 g/mol. The van der Waals surface area contributed by atoms with E-state index in [1.165, 1.54) is 12.1 Å². The summed E-state index contributed by atoms with van der Waals surface area (Å²) in [5.74, 6) is -0.255. The third-order valence-corrected chi connectivity index (χ3v) is 5.27. The van der Waals surface area contributed by atoms with Gasteiger partial charge in [-0.3, -0.25) is 15.1 Å². The fourth-order valence-electron chi connectivity index (χ4n) is 3.81. The third-order valence-electron chi connectivity index (χ3n) is 5.27. The van der Waals surface area contributed by atoms with Crippen LogP contribution >= 0.6 is 0 Å². The number of aromatic amines is 2. The number of benzene rings is 1. The molecular formula is C23H15FN8O. The Morgan fingerprint density at radius 2 is 1.73 bits per heavy atom. The van der Waals surface area contributed by atoms with E-state index in [-0.39, 0.29) is 5.75 Å². The predicted molar refractivity (Wildman–Crippen MR) is 121 cm³/mol. The number of pyridine rings is 3. The summed E-state index contributed by atoms with van der Waals surface area (Å²) in [6.07, 6.45) is 6.47. The highest BCUT2D eigenvalue weighted by Crippen LogP contribution is 2.32. The van der Waals surface area contributed by atoms with Crippen LogP contribution < -0.4 is 5.73 Å². The van der Waals surface area contributed by atoms with Crippen LogP contribution in [0.5, 0.6) is 5.75 Å².